The minimum Gasteiger partial charge on any atom is -0.358 e. The van der Waals surface area contributed by atoms with Crippen molar-refractivity contribution in [2.45, 2.75) is 30.2 Å². The number of imidazole rings is 1. The normalized spacial score (nSPS) is 10.9. The van der Waals surface area contributed by atoms with Gasteiger partial charge in [0.05, 0.1) is 16.0 Å². The van der Waals surface area contributed by atoms with Crippen LogP contribution in [0.5, 0.6) is 0 Å². The second-order valence-corrected chi connectivity index (χ2v) is 7.81. The Kier molecular flexibility index (Phi) is 6.95. The van der Waals surface area contributed by atoms with Crippen molar-refractivity contribution in [1.29, 1.82) is 0 Å². The van der Waals surface area contributed by atoms with Crippen molar-refractivity contribution in [3.63, 3.8) is 0 Å². The summed E-state index contributed by atoms with van der Waals surface area (Å²) in [5.74, 6) is -0.599. The molecular weight excluding hydrogens is 436 g/mol. The molecule has 11 nitrogen and oxygen atoms in total. The molecule has 1 amide bonds. The molecule has 0 unspecified atom stereocenters. The molecule has 0 saturated carbocycles. The molecule has 0 bridgehead atoms. The highest BCUT2D eigenvalue weighted by molar-refractivity contribution is 7.99. The number of aromatic nitrogens is 2. The van der Waals surface area contributed by atoms with Crippen molar-refractivity contribution in [1.82, 2.24) is 15.0 Å². The molecule has 0 radical (unpaired) electrons. The maximum Gasteiger partial charge on any atom is 0.343 e. The van der Waals surface area contributed by atoms with Crippen LogP contribution in [-0.2, 0) is 11.3 Å². The second-order valence-electron chi connectivity index (χ2n) is 6.70. The molecule has 1 N–H and O–H groups in total. The molecule has 12 heteroatoms. The van der Waals surface area contributed by atoms with Crippen molar-refractivity contribution in [2.24, 2.45) is 5.10 Å². The van der Waals surface area contributed by atoms with Crippen LogP contribution in [0.1, 0.15) is 17.0 Å². The fourth-order valence-corrected chi connectivity index (χ4v) is 3.63. The van der Waals surface area contributed by atoms with Crippen LogP contribution in [0.15, 0.2) is 63.6 Å². The smallest absolute Gasteiger partial charge is 0.343 e. The lowest BCUT2D eigenvalue weighted by Gasteiger charge is -2.05. The highest BCUT2D eigenvalue weighted by atomic mass is 32.2. The van der Waals surface area contributed by atoms with Crippen LogP contribution in [0.2, 0.25) is 0 Å². The van der Waals surface area contributed by atoms with Gasteiger partial charge in [-0.1, -0.05) is 35.5 Å². The first-order valence-electron chi connectivity index (χ1n) is 9.26. The van der Waals surface area contributed by atoms with Gasteiger partial charge in [-0.25, -0.2) is 15.0 Å². The summed E-state index contributed by atoms with van der Waals surface area (Å²) in [6, 6.07) is 12.3. The Morgan fingerprint density at radius 2 is 1.88 bits per heavy atom. The van der Waals surface area contributed by atoms with E-state index in [1.54, 1.807) is 19.1 Å². The van der Waals surface area contributed by atoms with Gasteiger partial charge in [0.1, 0.15) is 6.20 Å². The molecule has 164 valence electrons. The summed E-state index contributed by atoms with van der Waals surface area (Å²) in [5, 5.41) is 26.3. The summed E-state index contributed by atoms with van der Waals surface area (Å²) in [7, 11) is 0. The molecule has 3 rings (SSSR count). The van der Waals surface area contributed by atoms with Crippen LogP contribution < -0.4 is 5.43 Å². The predicted molar refractivity (Wildman–Crippen MR) is 118 cm³/mol. The number of rotatable bonds is 8. The first-order chi connectivity index (χ1) is 15.2. The largest absolute Gasteiger partial charge is 0.358 e. The van der Waals surface area contributed by atoms with Crippen LogP contribution in [0.25, 0.3) is 0 Å². The molecule has 0 aliphatic carbocycles. The van der Waals surface area contributed by atoms with Gasteiger partial charge in [0.25, 0.3) is 11.6 Å². The first kappa shape index (κ1) is 22.6. The summed E-state index contributed by atoms with van der Waals surface area (Å²) in [5.41, 5.74) is 3.67. The third-order valence-corrected chi connectivity index (χ3v) is 5.43. The number of hydrazone groups is 1. The van der Waals surface area contributed by atoms with E-state index >= 15 is 0 Å². The van der Waals surface area contributed by atoms with Gasteiger partial charge in [0, 0.05) is 23.4 Å². The van der Waals surface area contributed by atoms with Gasteiger partial charge in [-0.05, 0) is 30.0 Å². The number of nitrogens with one attached hydrogen (secondary N) is 1. The van der Waals surface area contributed by atoms with Crippen molar-refractivity contribution in [2.75, 3.05) is 0 Å². The topological polar surface area (TPSA) is 146 Å². The van der Waals surface area contributed by atoms with Crippen molar-refractivity contribution in [3.8, 4) is 0 Å². The fourth-order valence-electron chi connectivity index (χ4n) is 2.73. The number of nitro groups is 2. The standard InChI is InChI=1S/C20H18N6O5S/c1-13-3-6-16(7-4-13)32-18-8-5-15(9-17(18)25(28)29)10-22-23-19(27)12-24-14(2)21-11-20(24)26(30)31/h3-11H,12H2,1-2H3,(H,23,27)/b22-10+. The molecule has 2 aromatic carbocycles. The molecule has 0 aliphatic heterocycles. The Labute approximate surface area is 186 Å². The van der Waals surface area contributed by atoms with E-state index in [2.05, 4.69) is 15.5 Å². The summed E-state index contributed by atoms with van der Waals surface area (Å²) < 4.78 is 1.15. The molecule has 0 spiro atoms. The van der Waals surface area contributed by atoms with Crippen LogP contribution >= 0.6 is 11.8 Å². The van der Waals surface area contributed by atoms with Crippen LogP contribution in [0, 0.1) is 34.1 Å². The number of carbonyl (C=O) groups excluding carboxylic acids is 1. The van der Waals surface area contributed by atoms with Gasteiger partial charge in [-0.15, -0.1) is 0 Å². The van der Waals surface area contributed by atoms with E-state index in [0.717, 1.165) is 21.2 Å². The van der Waals surface area contributed by atoms with Gasteiger partial charge >= 0.3 is 5.82 Å². The molecule has 0 saturated heterocycles. The number of nitrogens with zero attached hydrogens (tertiary/aromatic N) is 5. The number of nitro benzene ring substituents is 1. The van der Waals surface area contributed by atoms with Gasteiger partial charge in [-0.2, -0.15) is 5.10 Å². The van der Waals surface area contributed by atoms with Gasteiger partial charge in [0.2, 0.25) is 0 Å². The molecular formula is C20H18N6O5S. The van der Waals surface area contributed by atoms with Gasteiger partial charge in [0.15, 0.2) is 12.4 Å². The second kappa shape index (κ2) is 9.83. The predicted octanol–water partition coefficient (Wildman–Crippen LogP) is 3.62. The van der Waals surface area contributed by atoms with E-state index in [1.807, 2.05) is 31.2 Å². The Bertz CT molecular complexity index is 1210. The van der Waals surface area contributed by atoms with Crippen LogP contribution in [0.3, 0.4) is 0 Å². The monoisotopic (exact) mass is 454 g/mol. The van der Waals surface area contributed by atoms with E-state index in [9.17, 15) is 25.0 Å². The van der Waals surface area contributed by atoms with E-state index in [4.69, 9.17) is 0 Å². The SMILES string of the molecule is Cc1ccc(Sc2ccc(/C=N/NC(=O)Cn3c([N+](=O)[O-])cnc3C)cc2[N+](=O)[O-])cc1. The zero-order valence-electron chi connectivity index (χ0n) is 17.1. The maximum absolute atomic E-state index is 12.1. The molecule has 32 heavy (non-hydrogen) atoms. The van der Waals surface area contributed by atoms with E-state index in [1.165, 1.54) is 24.0 Å². The number of carbonyl (C=O) groups is 1. The molecule has 1 aromatic heterocycles. The van der Waals surface area contributed by atoms with Gasteiger partial charge < -0.3 is 10.1 Å². The summed E-state index contributed by atoms with van der Waals surface area (Å²) in [6.45, 7) is 3.16. The Morgan fingerprint density at radius 3 is 2.53 bits per heavy atom. The van der Waals surface area contributed by atoms with Crippen molar-refractivity contribution < 1.29 is 14.6 Å². The number of benzene rings is 2. The third kappa shape index (κ3) is 5.55. The number of amides is 1. The highest BCUT2D eigenvalue weighted by Gasteiger charge is 2.20. The van der Waals surface area contributed by atoms with E-state index in [-0.39, 0.29) is 18.1 Å². The number of aryl methyl sites for hydroxylation is 2. The Morgan fingerprint density at radius 1 is 1.16 bits per heavy atom. The van der Waals surface area contributed by atoms with Crippen molar-refractivity contribution in [3.05, 3.63) is 85.8 Å². The third-order valence-electron chi connectivity index (χ3n) is 4.35. The van der Waals surface area contributed by atoms with Gasteiger partial charge in [-0.3, -0.25) is 14.9 Å². The van der Waals surface area contributed by atoms with Crippen molar-refractivity contribution >= 4 is 35.4 Å². The summed E-state index contributed by atoms with van der Waals surface area (Å²) >= 11 is 1.28. The molecule has 0 atom stereocenters. The lowest BCUT2D eigenvalue weighted by atomic mass is 10.2. The zero-order valence-corrected chi connectivity index (χ0v) is 17.9. The highest BCUT2D eigenvalue weighted by Crippen LogP contribution is 2.35. The van der Waals surface area contributed by atoms with Crippen LogP contribution in [0.4, 0.5) is 11.5 Å². The quantitative estimate of drug-likeness (QED) is 0.311. The Balaban J connectivity index is 1.69. The summed E-state index contributed by atoms with van der Waals surface area (Å²) in [6.07, 6.45) is 2.33. The average molecular weight is 454 g/mol. The Hall–Kier alpha value is -4.06. The maximum atomic E-state index is 12.1. The average Bonchev–Trinajstić information content (AvgIpc) is 3.11. The molecule has 0 aliphatic rings. The van der Waals surface area contributed by atoms with Crippen LogP contribution in [-0.4, -0.2) is 31.5 Å². The molecule has 0 fully saturated rings. The minimum absolute atomic E-state index is 0.0875. The number of hydrogen-bond donors (Lipinski definition) is 1. The zero-order chi connectivity index (χ0) is 23.3. The lowest BCUT2D eigenvalue weighted by Crippen LogP contribution is -2.24. The molecule has 1 heterocycles. The minimum atomic E-state index is -0.633. The van der Waals surface area contributed by atoms with E-state index in [0.29, 0.717) is 16.3 Å². The lowest BCUT2D eigenvalue weighted by molar-refractivity contribution is -0.392. The fraction of sp³-hybridized carbons (Fsp3) is 0.150. The number of hydrogen-bond acceptors (Lipinski definition) is 8. The van der Waals surface area contributed by atoms with E-state index < -0.39 is 15.8 Å². The summed E-state index contributed by atoms with van der Waals surface area (Å²) in [4.78, 5) is 38.6. The first-order valence-corrected chi connectivity index (χ1v) is 10.1. The molecule has 3 aromatic rings.